The summed E-state index contributed by atoms with van der Waals surface area (Å²) in [5, 5.41) is 18.0. The largest absolute Gasteiger partial charge is 0.457 e. The second kappa shape index (κ2) is 19.0. The Bertz CT molecular complexity index is 1690. The molecule has 0 radical (unpaired) electrons. The minimum Gasteiger partial charge on any atom is -0.457 e. The van der Waals surface area contributed by atoms with Gasteiger partial charge in [-0.25, -0.2) is 9.59 Å². The first-order valence-corrected chi connectivity index (χ1v) is 16.4. The van der Waals surface area contributed by atoms with Crippen LogP contribution in [-0.4, -0.2) is 49.0 Å². The number of ether oxygens (including phenoxy) is 4. The van der Waals surface area contributed by atoms with Crippen LogP contribution < -0.4 is 9.47 Å². The van der Waals surface area contributed by atoms with Crippen molar-refractivity contribution in [3.63, 3.8) is 0 Å². The van der Waals surface area contributed by atoms with Crippen LogP contribution in [0.1, 0.15) is 44.6 Å². The van der Waals surface area contributed by atoms with Crippen molar-refractivity contribution in [3.05, 3.63) is 121 Å². The molecule has 0 aromatic heterocycles. The van der Waals surface area contributed by atoms with Gasteiger partial charge in [-0.3, -0.25) is 0 Å². The van der Waals surface area contributed by atoms with E-state index in [4.69, 9.17) is 29.2 Å². The second-order valence-corrected chi connectivity index (χ2v) is 11.6. The maximum atomic E-state index is 11.7. The number of benzene rings is 4. The van der Waals surface area contributed by atoms with Crippen molar-refractivity contribution in [2.45, 2.75) is 45.4 Å². The highest BCUT2D eigenvalue weighted by atomic mass is 16.7. The molecular weight excluding hydrogens is 620 g/mol. The summed E-state index contributed by atoms with van der Waals surface area (Å²) in [5.74, 6) is -0.270. The molecular formula is C41H44O8. The van der Waals surface area contributed by atoms with Gasteiger partial charge in [0.15, 0.2) is 0 Å². The molecule has 256 valence electrons. The smallest absolute Gasteiger partial charge is 0.338 e. The molecule has 4 aromatic rings. The second-order valence-electron chi connectivity index (χ2n) is 11.6. The minimum atomic E-state index is -0.695. The molecule has 0 saturated carbocycles. The van der Waals surface area contributed by atoms with Crippen LogP contribution in [0.5, 0.6) is 11.5 Å². The zero-order chi connectivity index (χ0) is 35.0. The molecule has 0 unspecified atom stereocenters. The number of aliphatic hydroxyl groups excluding tert-OH is 2. The van der Waals surface area contributed by atoms with E-state index in [-0.39, 0.29) is 24.7 Å². The van der Waals surface area contributed by atoms with Crippen molar-refractivity contribution in [1.29, 1.82) is 0 Å². The van der Waals surface area contributed by atoms with E-state index in [9.17, 15) is 9.59 Å². The van der Waals surface area contributed by atoms with Gasteiger partial charge >= 0.3 is 11.9 Å². The summed E-state index contributed by atoms with van der Waals surface area (Å²) in [7, 11) is 0. The zero-order valence-corrected chi connectivity index (χ0v) is 28.0. The lowest BCUT2D eigenvalue weighted by Gasteiger charge is -2.14. The molecule has 0 aliphatic heterocycles. The fourth-order valence-corrected chi connectivity index (χ4v) is 5.15. The number of unbranched alkanes of at least 4 members (excludes halogenated alkanes) is 4. The van der Waals surface area contributed by atoms with E-state index in [1.54, 1.807) is 0 Å². The van der Waals surface area contributed by atoms with E-state index in [1.165, 1.54) is 36.8 Å². The topological polar surface area (TPSA) is 112 Å². The van der Waals surface area contributed by atoms with Gasteiger partial charge in [-0.15, -0.1) is 0 Å². The minimum absolute atomic E-state index is 0.0249. The summed E-state index contributed by atoms with van der Waals surface area (Å²) < 4.78 is 20.9. The van der Waals surface area contributed by atoms with Gasteiger partial charge in [-0.1, -0.05) is 112 Å². The molecule has 0 bridgehead atoms. The lowest BCUT2D eigenvalue weighted by molar-refractivity contribution is -0.146. The summed E-state index contributed by atoms with van der Waals surface area (Å²) in [6.07, 6.45) is 6.98. The van der Waals surface area contributed by atoms with Crippen LogP contribution in [0.3, 0.4) is 0 Å². The molecule has 0 fully saturated rings. The number of aryl methyl sites for hydroxylation is 1. The first-order chi connectivity index (χ1) is 23.8. The number of rotatable bonds is 19. The Labute approximate surface area is 288 Å². The number of carbonyl (C=O) groups excluding carboxylic acids is 2. The molecule has 0 saturated heterocycles. The number of hydrogen-bond donors (Lipinski definition) is 2. The summed E-state index contributed by atoms with van der Waals surface area (Å²) in [5.41, 5.74) is 7.84. The molecule has 0 atom stereocenters. The lowest BCUT2D eigenvalue weighted by atomic mass is 9.91. The summed E-state index contributed by atoms with van der Waals surface area (Å²) in [6, 6.07) is 30.3. The van der Waals surface area contributed by atoms with Crippen LogP contribution in [0.25, 0.3) is 33.4 Å². The fraction of sp³-hybridized carbons (Fsp3) is 0.268. The zero-order valence-electron chi connectivity index (χ0n) is 28.0. The molecule has 8 nitrogen and oxygen atoms in total. The number of aliphatic hydroxyl groups is 2. The summed E-state index contributed by atoms with van der Waals surface area (Å²) in [6.45, 7) is 7.64. The molecule has 8 heteroatoms. The Hall–Kier alpha value is -5.18. The quantitative estimate of drug-likeness (QED) is 0.0448. The molecule has 0 aliphatic carbocycles. The maximum Gasteiger partial charge on any atom is 0.338 e. The van der Waals surface area contributed by atoms with Crippen molar-refractivity contribution >= 4 is 11.9 Å². The fourth-order valence-electron chi connectivity index (χ4n) is 5.15. The van der Waals surface area contributed by atoms with Crippen LogP contribution in [0, 0.1) is 0 Å². The summed E-state index contributed by atoms with van der Waals surface area (Å²) >= 11 is 0. The number of carbonyl (C=O) groups is 2. The molecule has 2 N–H and O–H groups in total. The molecule has 0 spiro atoms. The monoisotopic (exact) mass is 664 g/mol. The SMILES string of the molecule is C=C(CO)C(=O)OCOc1ccc(-c2ccc(-c3ccc(-c4ccc(OCOC(=O)C(=C)CO)cc4)cc3CCCCCCC)cc2)cc1. The number of esters is 2. The summed E-state index contributed by atoms with van der Waals surface area (Å²) in [4.78, 5) is 23.3. The van der Waals surface area contributed by atoms with E-state index in [0.717, 1.165) is 40.7 Å². The lowest BCUT2D eigenvalue weighted by Crippen LogP contribution is -2.13. The standard InChI is InChI=1S/C41H44O8/c1-4-5-6-7-8-9-36-24-35(33-16-21-38(22-17-33)47-28-49-41(45)30(3)26-43)18-23-39(36)34-12-10-31(11-13-34)32-14-19-37(20-15-32)46-27-48-40(44)29(2)25-42/h10-24,42-43H,2-9,25-28H2,1H3. The molecule has 49 heavy (non-hydrogen) atoms. The molecule has 0 amide bonds. The van der Waals surface area contributed by atoms with E-state index in [0.29, 0.717) is 11.5 Å². The van der Waals surface area contributed by atoms with E-state index < -0.39 is 25.2 Å². The average molecular weight is 665 g/mol. The normalized spacial score (nSPS) is 10.7. The van der Waals surface area contributed by atoms with Crippen molar-refractivity contribution in [2.75, 3.05) is 26.8 Å². The van der Waals surface area contributed by atoms with Gasteiger partial charge in [-0.2, -0.15) is 0 Å². The van der Waals surface area contributed by atoms with Gasteiger partial charge < -0.3 is 29.2 Å². The predicted octanol–water partition coefficient (Wildman–Crippen LogP) is 8.06. The Kier molecular flexibility index (Phi) is 14.2. The van der Waals surface area contributed by atoms with E-state index >= 15 is 0 Å². The highest BCUT2D eigenvalue weighted by molar-refractivity contribution is 5.88. The Balaban J connectivity index is 1.45. The van der Waals surface area contributed by atoms with E-state index in [1.807, 2.05) is 48.5 Å². The third kappa shape index (κ3) is 10.9. The predicted molar refractivity (Wildman–Crippen MR) is 191 cm³/mol. The maximum absolute atomic E-state index is 11.7. The van der Waals surface area contributed by atoms with Crippen LogP contribution in [-0.2, 0) is 25.5 Å². The molecule has 4 aromatic carbocycles. The van der Waals surface area contributed by atoms with Gasteiger partial charge in [-0.05, 0) is 76.1 Å². The van der Waals surface area contributed by atoms with Gasteiger partial charge in [0.1, 0.15) is 11.5 Å². The Morgan fingerprint density at radius 1 is 0.571 bits per heavy atom. The highest BCUT2D eigenvalue weighted by Gasteiger charge is 2.11. The van der Waals surface area contributed by atoms with Crippen LogP contribution >= 0.6 is 0 Å². The molecule has 4 rings (SSSR count). The van der Waals surface area contributed by atoms with Gasteiger partial charge in [0.25, 0.3) is 0 Å². The third-order valence-electron chi connectivity index (χ3n) is 8.02. The van der Waals surface area contributed by atoms with Gasteiger partial charge in [0, 0.05) is 0 Å². The average Bonchev–Trinajstić information content (AvgIpc) is 3.14. The first-order valence-electron chi connectivity index (χ1n) is 16.4. The highest BCUT2D eigenvalue weighted by Crippen LogP contribution is 2.33. The Morgan fingerprint density at radius 3 is 1.49 bits per heavy atom. The molecule has 0 aliphatic rings. The Morgan fingerprint density at radius 2 is 1.00 bits per heavy atom. The van der Waals surface area contributed by atoms with Gasteiger partial charge in [0.05, 0.1) is 24.4 Å². The van der Waals surface area contributed by atoms with Crippen molar-refractivity contribution in [2.24, 2.45) is 0 Å². The first kappa shape index (κ1) is 36.7. The molecule has 0 heterocycles. The van der Waals surface area contributed by atoms with Crippen molar-refractivity contribution < 1.29 is 38.7 Å². The van der Waals surface area contributed by atoms with Crippen LogP contribution in [0.15, 0.2) is 115 Å². The van der Waals surface area contributed by atoms with Crippen molar-refractivity contribution in [1.82, 2.24) is 0 Å². The number of hydrogen-bond acceptors (Lipinski definition) is 8. The van der Waals surface area contributed by atoms with Crippen LogP contribution in [0.2, 0.25) is 0 Å². The van der Waals surface area contributed by atoms with Gasteiger partial charge in [0.2, 0.25) is 13.6 Å². The van der Waals surface area contributed by atoms with Crippen molar-refractivity contribution in [3.8, 4) is 44.9 Å². The van der Waals surface area contributed by atoms with E-state index in [2.05, 4.69) is 62.5 Å². The third-order valence-corrected chi connectivity index (χ3v) is 8.02. The van der Waals surface area contributed by atoms with Crippen LogP contribution in [0.4, 0.5) is 0 Å².